The SMILES string of the molecule is CCNC(C)C(O)c1cn[nH]c1-c1ccc(F)cc1. The fraction of sp³-hybridized carbons (Fsp3) is 0.357. The van der Waals surface area contributed by atoms with Gasteiger partial charge in [-0.3, -0.25) is 5.10 Å². The summed E-state index contributed by atoms with van der Waals surface area (Å²) in [5, 5.41) is 20.3. The van der Waals surface area contributed by atoms with Gasteiger partial charge in [0.15, 0.2) is 0 Å². The molecule has 5 heteroatoms. The van der Waals surface area contributed by atoms with E-state index < -0.39 is 6.10 Å². The van der Waals surface area contributed by atoms with Crippen molar-refractivity contribution in [3.8, 4) is 11.3 Å². The van der Waals surface area contributed by atoms with Crippen LogP contribution in [-0.2, 0) is 0 Å². The van der Waals surface area contributed by atoms with Gasteiger partial charge in [-0.15, -0.1) is 0 Å². The van der Waals surface area contributed by atoms with Crippen LogP contribution in [0.15, 0.2) is 30.5 Å². The van der Waals surface area contributed by atoms with Gasteiger partial charge >= 0.3 is 0 Å². The third kappa shape index (κ3) is 3.00. The molecule has 2 atom stereocenters. The molecule has 0 saturated carbocycles. The number of hydrogen-bond acceptors (Lipinski definition) is 3. The van der Waals surface area contributed by atoms with Crippen molar-refractivity contribution < 1.29 is 9.50 Å². The highest BCUT2D eigenvalue weighted by molar-refractivity contribution is 5.63. The highest BCUT2D eigenvalue weighted by Gasteiger charge is 2.21. The average molecular weight is 263 g/mol. The molecule has 4 nitrogen and oxygen atoms in total. The van der Waals surface area contributed by atoms with E-state index in [4.69, 9.17) is 0 Å². The van der Waals surface area contributed by atoms with E-state index >= 15 is 0 Å². The molecule has 1 aromatic carbocycles. The maximum atomic E-state index is 12.9. The van der Waals surface area contributed by atoms with Gasteiger partial charge in [-0.25, -0.2) is 4.39 Å². The van der Waals surface area contributed by atoms with Gasteiger partial charge in [-0.1, -0.05) is 6.92 Å². The van der Waals surface area contributed by atoms with Crippen LogP contribution in [0.2, 0.25) is 0 Å². The Labute approximate surface area is 111 Å². The lowest BCUT2D eigenvalue weighted by molar-refractivity contribution is 0.137. The smallest absolute Gasteiger partial charge is 0.123 e. The van der Waals surface area contributed by atoms with Crippen molar-refractivity contribution in [3.63, 3.8) is 0 Å². The zero-order valence-corrected chi connectivity index (χ0v) is 11.0. The number of halogens is 1. The van der Waals surface area contributed by atoms with E-state index in [1.165, 1.54) is 12.1 Å². The first-order valence-electron chi connectivity index (χ1n) is 6.34. The molecular formula is C14H18FN3O. The summed E-state index contributed by atoms with van der Waals surface area (Å²) in [6, 6.07) is 6.02. The molecule has 0 radical (unpaired) electrons. The summed E-state index contributed by atoms with van der Waals surface area (Å²) in [4.78, 5) is 0. The largest absolute Gasteiger partial charge is 0.387 e. The van der Waals surface area contributed by atoms with Crippen LogP contribution in [0.3, 0.4) is 0 Å². The Hall–Kier alpha value is -1.72. The average Bonchev–Trinajstić information content (AvgIpc) is 2.88. The first-order valence-corrected chi connectivity index (χ1v) is 6.34. The molecule has 0 aliphatic rings. The van der Waals surface area contributed by atoms with Crippen molar-refractivity contribution in [2.45, 2.75) is 26.0 Å². The lowest BCUT2D eigenvalue weighted by Gasteiger charge is -2.19. The minimum absolute atomic E-state index is 0.0817. The first-order chi connectivity index (χ1) is 9.13. The molecule has 19 heavy (non-hydrogen) atoms. The van der Waals surface area contributed by atoms with Gasteiger partial charge in [0.1, 0.15) is 5.82 Å². The van der Waals surface area contributed by atoms with Crippen LogP contribution in [0.25, 0.3) is 11.3 Å². The lowest BCUT2D eigenvalue weighted by atomic mass is 10.00. The van der Waals surface area contributed by atoms with E-state index in [-0.39, 0.29) is 11.9 Å². The van der Waals surface area contributed by atoms with E-state index in [9.17, 15) is 9.50 Å². The minimum atomic E-state index is -0.668. The van der Waals surface area contributed by atoms with Crippen LogP contribution in [0.5, 0.6) is 0 Å². The predicted molar refractivity (Wildman–Crippen MR) is 72.1 cm³/mol. The molecule has 2 unspecified atom stereocenters. The Kier molecular flexibility index (Phi) is 4.29. The van der Waals surface area contributed by atoms with Crippen molar-refractivity contribution in [2.24, 2.45) is 0 Å². The van der Waals surface area contributed by atoms with Crippen molar-refractivity contribution >= 4 is 0 Å². The summed E-state index contributed by atoms with van der Waals surface area (Å²) in [7, 11) is 0. The number of aromatic amines is 1. The summed E-state index contributed by atoms with van der Waals surface area (Å²) in [6.45, 7) is 4.68. The van der Waals surface area contributed by atoms with Crippen molar-refractivity contribution in [1.29, 1.82) is 0 Å². The molecule has 2 aromatic rings. The number of aromatic nitrogens is 2. The van der Waals surface area contributed by atoms with Gasteiger partial charge in [0.2, 0.25) is 0 Å². The molecule has 3 N–H and O–H groups in total. The highest BCUT2D eigenvalue weighted by atomic mass is 19.1. The number of aliphatic hydroxyl groups excluding tert-OH is 1. The van der Waals surface area contributed by atoms with Crippen molar-refractivity contribution in [3.05, 3.63) is 41.8 Å². The minimum Gasteiger partial charge on any atom is -0.387 e. The number of likely N-dealkylation sites (N-methyl/N-ethyl adjacent to an activating group) is 1. The van der Waals surface area contributed by atoms with Crippen LogP contribution >= 0.6 is 0 Å². The fourth-order valence-electron chi connectivity index (χ4n) is 2.07. The third-order valence-electron chi connectivity index (χ3n) is 3.12. The van der Waals surface area contributed by atoms with Crippen molar-refractivity contribution in [1.82, 2.24) is 15.5 Å². The van der Waals surface area contributed by atoms with Crippen LogP contribution in [0.4, 0.5) is 4.39 Å². The highest BCUT2D eigenvalue weighted by Crippen LogP contribution is 2.27. The Morgan fingerprint density at radius 2 is 2.05 bits per heavy atom. The summed E-state index contributed by atoms with van der Waals surface area (Å²) < 4.78 is 12.9. The summed E-state index contributed by atoms with van der Waals surface area (Å²) >= 11 is 0. The molecule has 0 fully saturated rings. The van der Waals surface area contributed by atoms with E-state index in [2.05, 4.69) is 15.5 Å². The predicted octanol–water partition coefficient (Wildman–Crippen LogP) is 2.25. The Morgan fingerprint density at radius 1 is 1.37 bits per heavy atom. The molecule has 0 bridgehead atoms. The maximum absolute atomic E-state index is 12.9. The summed E-state index contributed by atoms with van der Waals surface area (Å²) in [5.74, 6) is -0.286. The second kappa shape index (κ2) is 5.95. The van der Waals surface area contributed by atoms with Crippen LogP contribution in [0.1, 0.15) is 25.5 Å². The van der Waals surface area contributed by atoms with Gasteiger partial charge in [-0.2, -0.15) is 5.10 Å². The van der Waals surface area contributed by atoms with Crippen LogP contribution in [-0.4, -0.2) is 27.9 Å². The molecule has 1 aromatic heterocycles. The van der Waals surface area contributed by atoms with E-state index in [1.54, 1.807) is 18.3 Å². The first kappa shape index (κ1) is 13.7. The summed E-state index contributed by atoms with van der Waals surface area (Å²) in [5.41, 5.74) is 2.23. The standard InChI is InChI=1S/C14H18FN3O/c1-3-16-9(2)14(19)12-8-17-18-13(12)10-4-6-11(15)7-5-10/h4-9,14,16,19H,3H2,1-2H3,(H,17,18). The fourth-order valence-corrected chi connectivity index (χ4v) is 2.07. The second-order valence-electron chi connectivity index (χ2n) is 4.50. The van der Waals surface area contributed by atoms with Crippen molar-refractivity contribution in [2.75, 3.05) is 6.54 Å². The van der Waals surface area contributed by atoms with E-state index in [0.29, 0.717) is 5.56 Å². The Bertz CT molecular complexity index is 524. The van der Waals surface area contributed by atoms with E-state index in [1.807, 2.05) is 13.8 Å². The normalized spacial score (nSPS) is 14.3. The molecule has 0 amide bonds. The van der Waals surface area contributed by atoms with Gasteiger partial charge in [0.25, 0.3) is 0 Å². The van der Waals surface area contributed by atoms with Crippen LogP contribution < -0.4 is 5.32 Å². The zero-order valence-electron chi connectivity index (χ0n) is 11.0. The zero-order chi connectivity index (χ0) is 13.8. The number of benzene rings is 1. The van der Waals surface area contributed by atoms with Gasteiger partial charge in [-0.05, 0) is 37.7 Å². The number of aliphatic hydroxyl groups is 1. The van der Waals surface area contributed by atoms with Gasteiger partial charge in [0.05, 0.1) is 18.0 Å². The number of H-pyrrole nitrogens is 1. The summed E-state index contributed by atoms with van der Waals surface area (Å²) in [6.07, 6.45) is 0.941. The number of hydrogen-bond donors (Lipinski definition) is 3. The second-order valence-corrected chi connectivity index (χ2v) is 4.50. The molecule has 0 saturated heterocycles. The van der Waals surface area contributed by atoms with Gasteiger partial charge in [0, 0.05) is 17.2 Å². The molecule has 102 valence electrons. The lowest BCUT2D eigenvalue weighted by Crippen LogP contribution is -2.31. The third-order valence-corrected chi connectivity index (χ3v) is 3.12. The topological polar surface area (TPSA) is 60.9 Å². The number of rotatable bonds is 5. The maximum Gasteiger partial charge on any atom is 0.123 e. The molecule has 1 heterocycles. The van der Waals surface area contributed by atoms with E-state index in [0.717, 1.165) is 17.8 Å². The molecule has 0 aliphatic heterocycles. The molecule has 2 rings (SSSR count). The molecule has 0 aliphatic carbocycles. The number of nitrogens with one attached hydrogen (secondary N) is 2. The number of nitrogens with zero attached hydrogens (tertiary/aromatic N) is 1. The quantitative estimate of drug-likeness (QED) is 0.775. The Morgan fingerprint density at radius 3 is 2.68 bits per heavy atom. The Balaban J connectivity index is 2.29. The molecular weight excluding hydrogens is 245 g/mol. The van der Waals surface area contributed by atoms with Crippen LogP contribution in [0, 0.1) is 5.82 Å². The molecule has 0 spiro atoms. The van der Waals surface area contributed by atoms with Gasteiger partial charge < -0.3 is 10.4 Å². The monoisotopic (exact) mass is 263 g/mol.